The summed E-state index contributed by atoms with van der Waals surface area (Å²) in [6.07, 6.45) is 12.9. The van der Waals surface area contributed by atoms with Crippen LogP contribution >= 0.6 is 0 Å². The lowest BCUT2D eigenvalue weighted by Crippen LogP contribution is -1.96. The Morgan fingerprint density at radius 2 is 0.436 bits per heavy atom. The third kappa shape index (κ3) is 15.5. The highest BCUT2D eigenvalue weighted by molar-refractivity contribution is 6.18. The Labute approximate surface area is 807 Å². The van der Waals surface area contributed by atoms with Crippen molar-refractivity contribution in [3.8, 4) is 146 Å². The zero-order valence-electron chi connectivity index (χ0n) is 75.8. The molecule has 27 aromatic rings. The van der Waals surface area contributed by atoms with Gasteiger partial charge in [-0.15, -0.1) is 0 Å². The molecule has 0 N–H and O–H groups in total. The van der Waals surface area contributed by atoms with Gasteiger partial charge in [-0.3, -0.25) is 24.9 Å². The van der Waals surface area contributed by atoms with Crippen LogP contribution in [-0.4, -0.2) is 49.8 Å². The van der Waals surface area contributed by atoms with Crippen LogP contribution in [0.25, 0.3) is 265 Å². The van der Waals surface area contributed by atoms with Crippen LogP contribution in [0.2, 0.25) is 0 Å². The fourth-order valence-corrected chi connectivity index (χ4v) is 20.3. The van der Waals surface area contributed by atoms with Crippen LogP contribution in [-0.2, 0) is 0 Å². The molecule has 0 aliphatic rings. The highest BCUT2D eigenvalue weighted by atomic mass is 14.9. The average Bonchev–Trinajstić information content (AvgIpc) is 0.735. The van der Waals surface area contributed by atoms with Gasteiger partial charge in [0.2, 0.25) is 0 Å². The van der Waals surface area contributed by atoms with Crippen LogP contribution in [0, 0.1) is 0 Å². The lowest BCUT2D eigenvalue weighted by molar-refractivity contribution is 1.23. The molecule has 0 amide bonds. The van der Waals surface area contributed by atoms with Gasteiger partial charge in [0.15, 0.2) is 5.82 Å². The summed E-state index contributed by atoms with van der Waals surface area (Å²) in [5.74, 6) is 0.724. The van der Waals surface area contributed by atoms with Gasteiger partial charge >= 0.3 is 0 Å². The summed E-state index contributed by atoms with van der Waals surface area (Å²) in [4.78, 5) is 47.9. The molecular formula is C130H82N10. The largest absolute Gasteiger partial charge is 0.265 e. The first-order valence-corrected chi connectivity index (χ1v) is 47.1. The van der Waals surface area contributed by atoms with Crippen molar-refractivity contribution in [2.24, 2.45) is 0 Å². The molecule has 8 aromatic heterocycles. The van der Waals surface area contributed by atoms with E-state index in [2.05, 4.69) is 384 Å². The standard InChI is InChI=1S/C44H28N4.2C43H27N3/c1-2-8-38-36(34-27-42(31-17-22-45-23-18-31)48-43(28-34)32-19-24-46-25-20-32)16-15-35(37(38)7-1)29-11-13-30(14-12-29)41-26-33-6-5-21-47-44(33)40-10-4-3-9-39(40)41;1-2-11-30(12-3-1)42-43(46-40-19-9-8-18-39(40)45-42)37-25-24-32(33-14-4-5-15-34(33)37)28-20-22-29(23-21-28)38-27-31-13-10-26-44-41(31)36-17-7-6-16-35(36)38;1-2-11-29(12-3-1)42-38-18-8-9-19-40(38)45-43(46-42)30-22-20-28(21-23-30)32-24-25-36(34-15-5-4-14-33(32)34)39-27-31-13-10-26-44-41(31)37-17-7-6-16-35(37)39/h1-28H;2*1-27H. The minimum absolute atomic E-state index is 0.724. The Morgan fingerprint density at radius 1 is 0.136 bits per heavy atom. The molecule has 27 rings (SSSR count). The van der Waals surface area contributed by atoms with E-state index in [1.807, 2.05) is 134 Å². The first-order chi connectivity index (χ1) is 69.4. The van der Waals surface area contributed by atoms with Gasteiger partial charge in [0.1, 0.15) is 0 Å². The predicted octanol–water partition coefficient (Wildman–Crippen LogP) is 33.4. The van der Waals surface area contributed by atoms with Crippen LogP contribution in [0.15, 0.2) is 498 Å². The summed E-state index contributed by atoms with van der Waals surface area (Å²) in [5.41, 5.74) is 33.2. The second-order valence-electron chi connectivity index (χ2n) is 35.1. The first kappa shape index (κ1) is 83.0. The molecule has 0 spiro atoms. The number of rotatable bonds is 13. The summed E-state index contributed by atoms with van der Waals surface area (Å²) in [6.45, 7) is 0. The number of nitrogens with zero attached hydrogens (tertiary/aromatic N) is 10. The average molecular weight is 1780 g/mol. The van der Waals surface area contributed by atoms with E-state index in [1.54, 1.807) is 0 Å². The zero-order valence-corrected chi connectivity index (χ0v) is 75.8. The minimum atomic E-state index is 0.724. The van der Waals surface area contributed by atoms with E-state index in [0.29, 0.717) is 0 Å². The van der Waals surface area contributed by atoms with E-state index >= 15 is 0 Å². The number of para-hydroxylation sites is 3. The second kappa shape index (κ2) is 36.1. The molecular weight excluding hydrogens is 1700 g/mol. The molecule has 0 radical (unpaired) electrons. The Balaban J connectivity index is 0.000000111. The van der Waals surface area contributed by atoms with Gasteiger partial charge in [0, 0.05) is 114 Å². The molecule has 0 fully saturated rings. The van der Waals surface area contributed by atoms with Crippen LogP contribution in [0.3, 0.4) is 0 Å². The van der Waals surface area contributed by atoms with E-state index in [-0.39, 0.29) is 0 Å². The van der Waals surface area contributed by atoms with Crippen molar-refractivity contribution < 1.29 is 0 Å². The molecule has 10 nitrogen and oxygen atoms in total. The topological polar surface area (TPSA) is 129 Å². The summed E-state index contributed by atoms with van der Waals surface area (Å²) in [7, 11) is 0. The Bertz CT molecular complexity index is 9420. The molecule has 10 heteroatoms. The molecule has 652 valence electrons. The molecule has 8 heterocycles. The quantitative estimate of drug-likeness (QED) is 0.103. The van der Waals surface area contributed by atoms with Crippen molar-refractivity contribution in [1.29, 1.82) is 0 Å². The number of fused-ring (bicyclic) bond motifs is 14. The maximum absolute atomic E-state index is 5.20. The molecule has 19 aromatic carbocycles. The Kier molecular flexibility index (Phi) is 21.4. The Morgan fingerprint density at radius 3 is 0.857 bits per heavy atom. The maximum atomic E-state index is 5.20. The molecule has 0 aliphatic heterocycles. The molecule has 0 bridgehead atoms. The van der Waals surface area contributed by atoms with Gasteiger partial charge in [0.25, 0.3) is 0 Å². The number of hydrogen-bond acceptors (Lipinski definition) is 10. The van der Waals surface area contributed by atoms with E-state index in [0.717, 1.165) is 144 Å². The zero-order chi connectivity index (χ0) is 92.8. The lowest BCUT2D eigenvalue weighted by atomic mass is 9.89. The Hall–Kier alpha value is -18.9. The van der Waals surface area contributed by atoms with E-state index in [4.69, 9.17) is 29.9 Å². The van der Waals surface area contributed by atoms with E-state index in [1.165, 1.54) is 120 Å². The van der Waals surface area contributed by atoms with Crippen LogP contribution < -0.4 is 0 Å². The molecule has 0 saturated heterocycles. The summed E-state index contributed by atoms with van der Waals surface area (Å²) in [6, 6.07) is 160. The van der Waals surface area contributed by atoms with Gasteiger partial charge in [-0.2, -0.15) is 0 Å². The van der Waals surface area contributed by atoms with Gasteiger partial charge < -0.3 is 0 Å². The number of pyridine rings is 6. The maximum Gasteiger partial charge on any atom is 0.160 e. The highest BCUT2D eigenvalue weighted by Gasteiger charge is 2.23. The van der Waals surface area contributed by atoms with Gasteiger partial charge in [-0.25, -0.2) is 24.9 Å². The van der Waals surface area contributed by atoms with Gasteiger partial charge in [0.05, 0.1) is 61.6 Å². The summed E-state index contributed by atoms with van der Waals surface area (Å²) in [5, 5.41) is 18.8. The third-order valence-corrected chi connectivity index (χ3v) is 27.0. The summed E-state index contributed by atoms with van der Waals surface area (Å²) >= 11 is 0. The van der Waals surface area contributed by atoms with E-state index < -0.39 is 0 Å². The van der Waals surface area contributed by atoms with Crippen LogP contribution in [0.4, 0.5) is 0 Å². The smallest absolute Gasteiger partial charge is 0.160 e. The molecule has 0 unspecified atom stereocenters. The highest BCUT2D eigenvalue weighted by Crippen LogP contribution is 2.47. The SMILES string of the molecule is c1ccc(-c2nc(-c3ccc(-c4ccc(-c5cc6cccnc6c6ccccc56)c5ccccc45)cc3)nc3ccccc23)cc1.c1ccc(-c2nc3ccccc3nc2-c2ccc(-c3ccc(-c4cc5cccnc5c5ccccc45)cc3)c3ccccc23)cc1.c1cnc2c(c1)cc(-c1ccc(-c3ccc(-c4cc(-c5ccncc5)nc(-c5ccncc5)c4)c4ccccc34)cc1)c1ccccc12. The van der Waals surface area contributed by atoms with Crippen molar-refractivity contribution in [3.63, 3.8) is 0 Å². The fraction of sp³-hybridized carbons (Fsp3) is 0. The molecule has 0 aliphatic carbocycles. The van der Waals surface area contributed by atoms with Crippen LogP contribution in [0.1, 0.15) is 0 Å². The molecule has 0 atom stereocenters. The third-order valence-electron chi connectivity index (χ3n) is 27.0. The normalized spacial score (nSPS) is 11.4. The van der Waals surface area contributed by atoms with Crippen molar-refractivity contribution in [2.75, 3.05) is 0 Å². The first-order valence-electron chi connectivity index (χ1n) is 47.1. The number of benzene rings is 19. The fourth-order valence-electron chi connectivity index (χ4n) is 20.3. The second-order valence-corrected chi connectivity index (χ2v) is 35.1. The van der Waals surface area contributed by atoms with Crippen molar-refractivity contribution in [3.05, 3.63) is 498 Å². The number of aromatic nitrogens is 10. The summed E-state index contributed by atoms with van der Waals surface area (Å²) < 4.78 is 0. The van der Waals surface area contributed by atoms with Crippen molar-refractivity contribution in [1.82, 2.24) is 49.8 Å². The minimum Gasteiger partial charge on any atom is -0.265 e. The van der Waals surface area contributed by atoms with E-state index in [9.17, 15) is 0 Å². The lowest BCUT2D eigenvalue weighted by Gasteiger charge is -2.15. The molecule has 140 heavy (non-hydrogen) atoms. The monoisotopic (exact) mass is 1780 g/mol. The van der Waals surface area contributed by atoms with Crippen molar-refractivity contribution >= 4 is 119 Å². The number of hydrogen-bond donors (Lipinski definition) is 0. The van der Waals surface area contributed by atoms with Gasteiger partial charge in [-0.1, -0.05) is 364 Å². The van der Waals surface area contributed by atoms with Crippen LogP contribution in [0.5, 0.6) is 0 Å². The predicted molar refractivity (Wildman–Crippen MR) is 581 cm³/mol. The van der Waals surface area contributed by atoms with Gasteiger partial charge in [-0.05, 0) is 217 Å². The molecule has 0 saturated carbocycles. The van der Waals surface area contributed by atoms with Crippen molar-refractivity contribution in [2.45, 2.75) is 0 Å².